The Hall–Kier alpha value is -3.20. The van der Waals surface area contributed by atoms with Crippen LogP contribution in [-0.4, -0.2) is 22.8 Å². The number of benzene rings is 1. The van der Waals surface area contributed by atoms with Crippen molar-refractivity contribution in [2.45, 2.75) is 65.9 Å². The van der Waals surface area contributed by atoms with Gasteiger partial charge in [0.15, 0.2) is 5.78 Å². The van der Waals surface area contributed by atoms with Crippen molar-refractivity contribution in [1.29, 1.82) is 5.26 Å². The van der Waals surface area contributed by atoms with Crippen LogP contribution in [0, 0.1) is 31.1 Å². The summed E-state index contributed by atoms with van der Waals surface area (Å²) in [4.78, 5) is 41.1. The van der Waals surface area contributed by atoms with E-state index in [1.54, 1.807) is 25.1 Å². The van der Waals surface area contributed by atoms with Gasteiger partial charge >= 0.3 is 5.97 Å². The lowest BCUT2D eigenvalue weighted by Crippen LogP contribution is -2.28. The predicted molar refractivity (Wildman–Crippen MR) is 117 cm³/mol. The lowest BCUT2D eigenvalue weighted by atomic mass is 9.86. The Morgan fingerprint density at radius 2 is 1.90 bits per heavy atom. The number of nitrogens with zero attached hydrogens (tertiary/aromatic N) is 1. The molecular formula is C25H28N2O4. The number of carbonyl (C=O) groups excluding carboxylic acids is 2. The summed E-state index contributed by atoms with van der Waals surface area (Å²) in [5, 5.41) is 9.33. The first kappa shape index (κ1) is 22.5. The van der Waals surface area contributed by atoms with Crippen LogP contribution < -0.4 is 5.56 Å². The summed E-state index contributed by atoms with van der Waals surface area (Å²) >= 11 is 0. The van der Waals surface area contributed by atoms with Crippen LogP contribution in [0.1, 0.15) is 83.4 Å². The minimum Gasteiger partial charge on any atom is -0.462 e. The van der Waals surface area contributed by atoms with Crippen LogP contribution in [0.25, 0.3) is 0 Å². The third-order valence-corrected chi connectivity index (χ3v) is 5.71. The Kier molecular flexibility index (Phi) is 6.45. The average molecular weight is 421 g/mol. The molecule has 0 bridgehead atoms. The van der Waals surface area contributed by atoms with E-state index < -0.39 is 0 Å². The summed E-state index contributed by atoms with van der Waals surface area (Å²) in [6, 6.07) is 7.10. The maximum absolute atomic E-state index is 13.7. The summed E-state index contributed by atoms with van der Waals surface area (Å²) < 4.78 is 5.57. The third-order valence-electron chi connectivity index (χ3n) is 5.71. The first-order chi connectivity index (χ1) is 14.6. The number of nitrogens with one attached hydrogen (secondary N) is 1. The summed E-state index contributed by atoms with van der Waals surface area (Å²) in [7, 11) is 0. The predicted octanol–water partition coefficient (Wildman–Crippen LogP) is 4.10. The lowest BCUT2D eigenvalue weighted by molar-refractivity contribution is -0.147. The Labute approximate surface area is 182 Å². The van der Waals surface area contributed by atoms with Crippen molar-refractivity contribution in [3.05, 3.63) is 67.6 Å². The Bertz CT molecular complexity index is 1130. The highest BCUT2D eigenvalue weighted by Gasteiger charge is 2.36. The summed E-state index contributed by atoms with van der Waals surface area (Å²) in [5.74, 6) is -0.556. The second kappa shape index (κ2) is 8.89. The van der Waals surface area contributed by atoms with Crippen molar-refractivity contribution < 1.29 is 14.3 Å². The van der Waals surface area contributed by atoms with E-state index in [9.17, 15) is 19.6 Å². The van der Waals surface area contributed by atoms with Crippen LogP contribution in [0.3, 0.4) is 0 Å². The standard InChI is InChI=1S/C25H28N2O4/c1-13(2)22-23(24(29)19-9-14(3)8-17(10-19)12-26)20(15(4)27-25(22)30)11-21(18-6-7-18)31-16(5)28/h8-10,13,18,21H,6-7,11H2,1-5H3,(H,27,30). The molecule has 1 heterocycles. The van der Waals surface area contributed by atoms with Gasteiger partial charge in [-0.3, -0.25) is 14.4 Å². The minimum atomic E-state index is -0.353. The molecule has 1 aliphatic rings. The maximum atomic E-state index is 13.7. The number of hydrogen-bond acceptors (Lipinski definition) is 5. The van der Waals surface area contributed by atoms with E-state index in [4.69, 9.17) is 4.74 Å². The van der Waals surface area contributed by atoms with Crippen LogP contribution in [0.5, 0.6) is 0 Å². The second-order valence-corrected chi connectivity index (χ2v) is 8.72. The maximum Gasteiger partial charge on any atom is 0.302 e. The molecule has 1 aromatic carbocycles. The molecule has 0 saturated heterocycles. The number of aromatic nitrogens is 1. The molecule has 0 spiro atoms. The topological polar surface area (TPSA) is 100 Å². The van der Waals surface area contributed by atoms with Crippen LogP contribution in [0.2, 0.25) is 0 Å². The van der Waals surface area contributed by atoms with Gasteiger partial charge in [-0.25, -0.2) is 0 Å². The number of aromatic amines is 1. The zero-order valence-corrected chi connectivity index (χ0v) is 18.7. The van der Waals surface area contributed by atoms with Crippen molar-refractivity contribution in [1.82, 2.24) is 4.98 Å². The van der Waals surface area contributed by atoms with Crippen molar-refractivity contribution in [3.8, 4) is 6.07 Å². The molecule has 0 amide bonds. The molecule has 1 unspecified atom stereocenters. The lowest BCUT2D eigenvalue weighted by Gasteiger charge is -2.22. The Morgan fingerprint density at radius 1 is 1.23 bits per heavy atom. The van der Waals surface area contributed by atoms with Gasteiger partial charge in [0.2, 0.25) is 0 Å². The molecule has 6 heteroatoms. The molecule has 1 atom stereocenters. The average Bonchev–Trinajstić information content (AvgIpc) is 3.52. The number of aryl methyl sites for hydroxylation is 2. The van der Waals surface area contributed by atoms with Gasteiger partial charge in [0.1, 0.15) is 6.10 Å². The molecule has 1 saturated carbocycles. The number of hydrogen-bond donors (Lipinski definition) is 1. The van der Waals surface area contributed by atoms with E-state index in [-0.39, 0.29) is 35.3 Å². The van der Waals surface area contributed by atoms with Gasteiger partial charge in [-0.05, 0) is 67.9 Å². The third kappa shape index (κ3) is 4.93. The fourth-order valence-electron chi connectivity index (χ4n) is 4.15. The normalized spacial score (nSPS) is 14.2. The minimum absolute atomic E-state index is 0.185. The first-order valence-corrected chi connectivity index (χ1v) is 10.6. The Morgan fingerprint density at radius 3 is 2.45 bits per heavy atom. The van der Waals surface area contributed by atoms with Crippen LogP contribution in [0.4, 0.5) is 0 Å². The molecule has 0 radical (unpaired) electrons. The number of carbonyl (C=O) groups is 2. The first-order valence-electron chi connectivity index (χ1n) is 10.6. The molecule has 162 valence electrons. The molecule has 2 aromatic rings. The van der Waals surface area contributed by atoms with E-state index >= 15 is 0 Å². The number of ketones is 1. The van der Waals surface area contributed by atoms with Gasteiger partial charge in [0.25, 0.3) is 5.56 Å². The monoisotopic (exact) mass is 420 g/mol. The molecule has 3 rings (SSSR count). The fourth-order valence-corrected chi connectivity index (χ4v) is 4.15. The van der Waals surface area contributed by atoms with Gasteiger partial charge < -0.3 is 9.72 Å². The fraction of sp³-hybridized carbons (Fsp3) is 0.440. The molecule has 1 aliphatic carbocycles. The Balaban J connectivity index is 2.20. The number of nitriles is 1. The molecule has 1 aromatic heterocycles. The SMILES string of the molecule is CC(=O)OC(Cc1c(C)[nH]c(=O)c(C(C)C)c1C(=O)c1cc(C)cc(C#N)c1)C1CC1. The van der Waals surface area contributed by atoms with Gasteiger partial charge in [-0.1, -0.05) is 13.8 Å². The van der Waals surface area contributed by atoms with E-state index in [0.29, 0.717) is 39.9 Å². The van der Waals surface area contributed by atoms with Crippen molar-refractivity contribution in [2.75, 3.05) is 0 Å². The van der Waals surface area contributed by atoms with E-state index in [1.165, 1.54) is 6.92 Å². The van der Waals surface area contributed by atoms with E-state index in [2.05, 4.69) is 11.1 Å². The van der Waals surface area contributed by atoms with E-state index in [1.807, 2.05) is 20.8 Å². The molecule has 1 fully saturated rings. The zero-order valence-electron chi connectivity index (χ0n) is 18.7. The highest BCUT2D eigenvalue weighted by atomic mass is 16.5. The zero-order chi connectivity index (χ0) is 22.9. The number of pyridine rings is 1. The highest BCUT2D eigenvalue weighted by Crippen LogP contribution is 2.37. The molecule has 6 nitrogen and oxygen atoms in total. The van der Waals surface area contributed by atoms with Gasteiger partial charge in [0, 0.05) is 35.7 Å². The summed E-state index contributed by atoms with van der Waals surface area (Å²) in [5.41, 5.74) is 3.37. The molecule has 0 aliphatic heterocycles. The summed E-state index contributed by atoms with van der Waals surface area (Å²) in [6.07, 6.45) is 1.99. The summed E-state index contributed by atoms with van der Waals surface area (Å²) in [6.45, 7) is 8.74. The number of rotatable bonds is 7. The van der Waals surface area contributed by atoms with Gasteiger partial charge in [-0.2, -0.15) is 5.26 Å². The molecule has 1 N–H and O–H groups in total. The van der Waals surface area contributed by atoms with Gasteiger partial charge in [-0.15, -0.1) is 0 Å². The van der Waals surface area contributed by atoms with Gasteiger partial charge in [0.05, 0.1) is 11.6 Å². The number of H-pyrrole nitrogens is 1. The quantitative estimate of drug-likeness (QED) is 0.537. The second-order valence-electron chi connectivity index (χ2n) is 8.72. The molecular weight excluding hydrogens is 392 g/mol. The van der Waals surface area contributed by atoms with Crippen LogP contribution in [0.15, 0.2) is 23.0 Å². The van der Waals surface area contributed by atoms with E-state index in [0.717, 1.165) is 18.4 Å². The number of ether oxygens (including phenoxy) is 1. The number of esters is 1. The van der Waals surface area contributed by atoms with Crippen LogP contribution >= 0.6 is 0 Å². The smallest absolute Gasteiger partial charge is 0.302 e. The van der Waals surface area contributed by atoms with Crippen molar-refractivity contribution in [3.63, 3.8) is 0 Å². The molecule has 31 heavy (non-hydrogen) atoms. The van der Waals surface area contributed by atoms with Crippen LogP contribution in [-0.2, 0) is 16.0 Å². The van der Waals surface area contributed by atoms with Crippen molar-refractivity contribution in [2.24, 2.45) is 5.92 Å². The highest BCUT2D eigenvalue weighted by molar-refractivity contribution is 6.11. The van der Waals surface area contributed by atoms with Crippen molar-refractivity contribution >= 4 is 11.8 Å². The largest absolute Gasteiger partial charge is 0.462 e.